The van der Waals surface area contributed by atoms with Gasteiger partial charge in [-0.1, -0.05) is 12.1 Å². The summed E-state index contributed by atoms with van der Waals surface area (Å²) in [5.74, 6) is 1.42. The third kappa shape index (κ3) is 3.72. The number of imidazole rings is 1. The largest absolute Gasteiger partial charge is 0.495 e. The van der Waals surface area contributed by atoms with Gasteiger partial charge in [0.2, 0.25) is 5.91 Å². The fourth-order valence-electron chi connectivity index (χ4n) is 4.87. The lowest BCUT2D eigenvalue weighted by molar-refractivity contribution is -0.119. The molecule has 2 aromatic heterocycles. The van der Waals surface area contributed by atoms with Crippen molar-refractivity contribution in [2.45, 2.75) is 19.3 Å². The maximum atomic E-state index is 12.4. The van der Waals surface area contributed by atoms with E-state index in [0.717, 1.165) is 52.7 Å². The van der Waals surface area contributed by atoms with E-state index in [-0.39, 0.29) is 5.91 Å². The number of benzene rings is 2. The number of morpholine rings is 1. The van der Waals surface area contributed by atoms with E-state index in [0.29, 0.717) is 24.7 Å². The Morgan fingerprint density at radius 1 is 1.14 bits per heavy atom. The van der Waals surface area contributed by atoms with Crippen LogP contribution >= 0.6 is 0 Å². The highest BCUT2D eigenvalue weighted by atomic mass is 16.5. The van der Waals surface area contributed by atoms with Gasteiger partial charge in [0, 0.05) is 54.7 Å². The van der Waals surface area contributed by atoms with Crippen LogP contribution < -0.4 is 20.3 Å². The van der Waals surface area contributed by atoms with E-state index >= 15 is 0 Å². The molecule has 1 saturated heterocycles. The van der Waals surface area contributed by atoms with Crippen molar-refractivity contribution in [3.05, 3.63) is 60.6 Å². The standard InChI is InChI=1S/C27H28N6O3/c1-27(2)19-6-4-17(14-20(19)31-26(27)34)21-16-33-9-8-28-25(33)24(30-21)29-18-5-7-22(23(15-18)35-3)32-10-12-36-13-11-32/h4-9,14-16H,10-13H2,1-3H3,(H,29,30)(H,31,34). The second kappa shape index (κ2) is 8.53. The molecule has 0 atom stereocenters. The van der Waals surface area contributed by atoms with Crippen molar-refractivity contribution in [2.75, 3.05) is 48.9 Å². The zero-order chi connectivity index (χ0) is 24.9. The molecule has 0 spiro atoms. The third-order valence-corrected chi connectivity index (χ3v) is 6.97. The van der Waals surface area contributed by atoms with Crippen LogP contribution in [-0.2, 0) is 14.9 Å². The van der Waals surface area contributed by atoms with Crippen molar-refractivity contribution in [1.29, 1.82) is 0 Å². The van der Waals surface area contributed by atoms with Crippen molar-refractivity contribution < 1.29 is 14.3 Å². The van der Waals surface area contributed by atoms with Crippen LogP contribution in [0, 0.1) is 0 Å². The minimum atomic E-state index is -0.547. The molecule has 4 aromatic rings. The topological polar surface area (TPSA) is 93.0 Å². The van der Waals surface area contributed by atoms with E-state index in [1.54, 1.807) is 13.3 Å². The predicted molar refractivity (Wildman–Crippen MR) is 139 cm³/mol. The second-order valence-electron chi connectivity index (χ2n) is 9.58. The highest BCUT2D eigenvalue weighted by Crippen LogP contribution is 2.39. The van der Waals surface area contributed by atoms with Crippen molar-refractivity contribution in [3.63, 3.8) is 0 Å². The van der Waals surface area contributed by atoms with E-state index in [1.165, 1.54) is 0 Å². The van der Waals surface area contributed by atoms with Gasteiger partial charge in [0.1, 0.15) is 5.75 Å². The summed E-state index contributed by atoms with van der Waals surface area (Å²) in [6, 6.07) is 12.1. The highest BCUT2D eigenvalue weighted by molar-refractivity contribution is 6.06. The summed E-state index contributed by atoms with van der Waals surface area (Å²) in [5, 5.41) is 6.44. The summed E-state index contributed by atoms with van der Waals surface area (Å²) < 4.78 is 13.1. The summed E-state index contributed by atoms with van der Waals surface area (Å²) in [5.41, 5.74) is 5.55. The molecule has 6 rings (SSSR count). The Labute approximate surface area is 209 Å². The van der Waals surface area contributed by atoms with Crippen LogP contribution in [0.5, 0.6) is 5.75 Å². The first-order chi connectivity index (χ1) is 17.4. The number of rotatable bonds is 5. The molecule has 1 amide bonds. The van der Waals surface area contributed by atoms with Crippen LogP contribution in [0.4, 0.5) is 22.9 Å². The first kappa shape index (κ1) is 22.4. The average molecular weight is 485 g/mol. The summed E-state index contributed by atoms with van der Waals surface area (Å²) in [7, 11) is 1.68. The summed E-state index contributed by atoms with van der Waals surface area (Å²) in [4.78, 5) is 24.1. The smallest absolute Gasteiger partial charge is 0.234 e. The molecule has 9 heteroatoms. The molecule has 9 nitrogen and oxygen atoms in total. The van der Waals surface area contributed by atoms with E-state index in [4.69, 9.17) is 14.5 Å². The molecule has 0 unspecified atom stereocenters. The Hall–Kier alpha value is -4.11. The average Bonchev–Trinajstić information content (AvgIpc) is 3.46. The Bertz CT molecular complexity index is 1470. The Balaban J connectivity index is 1.35. The molecule has 4 heterocycles. The summed E-state index contributed by atoms with van der Waals surface area (Å²) >= 11 is 0. The fraction of sp³-hybridized carbons (Fsp3) is 0.296. The molecule has 2 aliphatic rings. The van der Waals surface area contributed by atoms with E-state index in [9.17, 15) is 4.79 Å². The van der Waals surface area contributed by atoms with E-state index < -0.39 is 5.41 Å². The number of nitrogens with zero attached hydrogens (tertiary/aromatic N) is 4. The minimum Gasteiger partial charge on any atom is -0.495 e. The SMILES string of the molecule is COc1cc(Nc2nc(-c3ccc4c(c3)NC(=O)C4(C)C)cn3ccnc23)ccc1N1CCOCC1. The van der Waals surface area contributed by atoms with Gasteiger partial charge in [-0.25, -0.2) is 9.97 Å². The van der Waals surface area contributed by atoms with Gasteiger partial charge in [0.15, 0.2) is 11.5 Å². The molecule has 0 aliphatic carbocycles. The summed E-state index contributed by atoms with van der Waals surface area (Å²) in [6.45, 7) is 6.96. The minimum absolute atomic E-state index is 0.00417. The van der Waals surface area contributed by atoms with Gasteiger partial charge < -0.3 is 29.4 Å². The molecular formula is C27H28N6O3. The number of carbonyl (C=O) groups is 1. The Morgan fingerprint density at radius 2 is 1.97 bits per heavy atom. The maximum absolute atomic E-state index is 12.4. The van der Waals surface area contributed by atoms with Crippen LogP contribution in [0.1, 0.15) is 19.4 Å². The van der Waals surface area contributed by atoms with Crippen molar-refractivity contribution in [3.8, 4) is 17.0 Å². The Morgan fingerprint density at radius 3 is 2.78 bits per heavy atom. The first-order valence-corrected chi connectivity index (χ1v) is 12.0. The van der Waals surface area contributed by atoms with Gasteiger partial charge in [-0.3, -0.25) is 4.79 Å². The van der Waals surface area contributed by atoms with E-state index in [2.05, 4.69) is 26.6 Å². The molecule has 2 N–H and O–H groups in total. The number of hydrogen-bond donors (Lipinski definition) is 2. The number of aromatic nitrogens is 3. The quantitative estimate of drug-likeness (QED) is 0.438. The Kier molecular flexibility index (Phi) is 5.30. The summed E-state index contributed by atoms with van der Waals surface area (Å²) in [6.07, 6.45) is 5.59. The molecule has 0 saturated carbocycles. The van der Waals surface area contributed by atoms with Crippen LogP contribution in [-0.4, -0.2) is 53.7 Å². The number of hydrogen-bond acceptors (Lipinski definition) is 7. The number of nitrogens with one attached hydrogen (secondary N) is 2. The zero-order valence-electron chi connectivity index (χ0n) is 20.5. The number of carbonyl (C=O) groups excluding carboxylic acids is 1. The fourth-order valence-corrected chi connectivity index (χ4v) is 4.87. The number of amides is 1. The van der Waals surface area contributed by atoms with Crippen LogP contribution in [0.3, 0.4) is 0 Å². The van der Waals surface area contributed by atoms with Gasteiger partial charge in [-0.2, -0.15) is 0 Å². The lowest BCUT2D eigenvalue weighted by atomic mass is 9.86. The van der Waals surface area contributed by atoms with Gasteiger partial charge in [0.05, 0.1) is 37.1 Å². The first-order valence-electron chi connectivity index (χ1n) is 12.0. The maximum Gasteiger partial charge on any atom is 0.234 e. The van der Waals surface area contributed by atoms with Crippen molar-refractivity contribution in [2.24, 2.45) is 0 Å². The van der Waals surface area contributed by atoms with Crippen molar-refractivity contribution in [1.82, 2.24) is 14.4 Å². The number of anilines is 4. The molecule has 0 radical (unpaired) electrons. The third-order valence-electron chi connectivity index (χ3n) is 6.97. The number of methoxy groups -OCH3 is 1. The molecular weight excluding hydrogens is 456 g/mol. The predicted octanol–water partition coefficient (Wildman–Crippen LogP) is 4.21. The molecule has 184 valence electrons. The molecule has 1 fully saturated rings. The number of ether oxygens (including phenoxy) is 2. The van der Waals surface area contributed by atoms with Gasteiger partial charge in [-0.05, 0) is 37.6 Å². The second-order valence-corrected chi connectivity index (χ2v) is 9.58. The van der Waals surface area contributed by atoms with Crippen molar-refractivity contribution >= 4 is 34.4 Å². The van der Waals surface area contributed by atoms with Gasteiger partial charge in [0.25, 0.3) is 0 Å². The highest BCUT2D eigenvalue weighted by Gasteiger charge is 2.38. The molecule has 36 heavy (non-hydrogen) atoms. The lowest BCUT2D eigenvalue weighted by Gasteiger charge is -2.30. The molecule has 2 aromatic carbocycles. The molecule has 2 aliphatic heterocycles. The normalized spacial score (nSPS) is 16.6. The zero-order valence-corrected chi connectivity index (χ0v) is 20.5. The van der Waals surface area contributed by atoms with Gasteiger partial charge in [-0.15, -0.1) is 0 Å². The van der Waals surface area contributed by atoms with Crippen LogP contribution in [0.25, 0.3) is 16.9 Å². The molecule has 0 bridgehead atoms. The van der Waals surface area contributed by atoms with E-state index in [1.807, 2.05) is 61.0 Å². The van der Waals surface area contributed by atoms with Gasteiger partial charge >= 0.3 is 0 Å². The lowest BCUT2D eigenvalue weighted by Crippen LogP contribution is -2.36. The number of fused-ring (bicyclic) bond motifs is 2. The monoisotopic (exact) mass is 484 g/mol. The van der Waals surface area contributed by atoms with Crippen LogP contribution in [0.2, 0.25) is 0 Å². The van der Waals surface area contributed by atoms with Crippen LogP contribution in [0.15, 0.2) is 55.0 Å².